The molecule has 0 amide bonds. The summed E-state index contributed by atoms with van der Waals surface area (Å²) in [6.45, 7) is 5.93. The van der Waals surface area contributed by atoms with Crippen LogP contribution in [0.4, 0.5) is 0 Å². The Hall–Kier alpha value is 0.440. The van der Waals surface area contributed by atoms with Crippen LogP contribution in [0.25, 0.3) is 0 Å². The van der Waals surface area contributed by atoms with E-state index in [-0.39, 0.29) is 30.6 Å². The highest BCUT2D eigenvalue weighted by molar-refractivity contribution is 9.11. The first-order valence-corrected chi connectivity index (χ1v) is 9.46. The van der Waals surface area contributed by atoms with E-state index in [9.17, 15) is 5.11 Å². The fourth-order valence-corrected chi connectivity index (χ4v) is 4.75. The molecule has 2 aliphatic heterocycles. The van der Waals surface area contributed by atoms with Gasteiger partial charge in [0.25, 0.3) is 0 Å². The van der Waals surface area contributed by atoms with E-state index >= 15 is 0 Å². The molecule has 0 bridgehead atoms. The van der Waals surface area contributed by atoms with Crippen molar-refractivity contribution >= 4 is 56.7 Å². The van der Waals surface area contributed by atoms with Gasteiger partial charge in [-0.1, -0.05) is 0 Å². The summed E-state index contributed by atoms with van der Waals surface area (Å²) in [5.41, 5.74) is 1.27. The van der Waals surface area contributed by atoms with E-state index in [0.717, 1.165) is 61.2 Å². The summed E-state index contributed by atoms with van der Waals surface area (Å²) in [5, 5.41) is 13.4. The molecule has 0 aliphatic carbocycles. The molecule has 1 aromatic rings. The van der Waals surface area contributed by atoms with Crippen LogP contribution in [-0.2, 0) is 4.74 Å². The maximum absolute atomic E-state index is 10.00. The van der Waals surface area contributed by atoms with Gasteiger partial charge in [0, 0.05) is 45.4 Å². The van der Waals surface area contributed by atoms with E-state index in [1.807, 2.05) is 0 Å². The largest absolute Gasteiger partial charge is 0.506 e. The van der Waals surface area contributed by atoms with Gasteiger partial charge < -0.3 is 15.2 Å². The Bertz CT molecular complexity index is 484. The summed E-state index contributed by atoms with van der Waals surface area (Å²) in [6.07, 6.45) is 2.20. The molecule has 0 spiro atoms. The number of nitrogens with zero attached hydrogens (tertiary/aromatic N) is 1. The zero-order chi connectivity index (χ0) is 15.5. The van der Waals surface area contributed by atoms with E-state index in [2.05, 4.69) is 54.2 Å². The minimum absolute atomic E-state index is 0. The summed E-state index contributed by atoms with van der Waals surface area (Å²) < 4.78 is 7.06. The molecule has 2 fully saturated rings. The zero-order valence-corrected chi connectivity index (χ0v) is 18.1. The number of hydrogen-bond donors (Lipinski definition) is 2. The maximum atomic E-state index is 10.00. The molecule has 2 aliphatic rings. The Morgan fingerprint density at radius 3 is 2.17 bits per heavy atom. The maximum Gasteiger partial charge on any atom is 0.143 e. The number of benzene rings is 1. The van der Waals surface area contributed by atoms with Crippen LogP contribution in [0.5, 0.6) is 5.75 Å². The van der Waals surface area contributed by atoms with Crippen LogP contribution in [0.15, 0.2) is 21.1 Å². The lowest BCUT2D eigenvalue weighted by Crippen LogP contribution is -2.47. The van der Waals surface area contributed by atoms with Gasteiger partial charge in [0.15, 0.2) is 0 Å². The molecular formula is C16H24Br2Cl2N2O2. The fraction of sp³-hybridized carbons (Fsp3) is 0.625. The monoisotopic (exact) mass is 504 g/mol. The van der Waals surface area contributed by atoms with Crippen molar-refractivity contribution < 1.29 is 9.84 Å². The van der Waals surface area contributed by atoms with Crippen LogP contribution >= 0.6 is 56.7 Å². The van der Waals surface area contributed by atoms with Gasteiger partial charge in [-0.15, -0.1) is 24.8 Å². The number of halogens is 4. The van der Waals surface area contributed by atoms with Crippen molar-refractivity contribution in [3.05, 3.63) is 26.6 Å². The average Bonchev–Trinajstić information content (AvgIpc) is 2.55. The lowest BCUT2D eigenvalue weighted by Gasteiger charge is -2.41. The van der Waals surface area contributed by atoms with Crippen LogP contribution in [0.1, 0.15) is 24.4 Å². The van der Waals surface area contributed by atoms with Crippen molar-refractivity contribution in [2.75, 3.05) is 39.4 Å². The molecular weight excluding hydrogens is 483 g/mol. The normalized spacial score (nSPS) is 20.8. The minimum Gasteiger partial charge on any atom is -0.506 e. The first-order chi connectivity index (χ1) is 10.7. The number of phenols is 1. The Kier molecular flexibility index (Phi) is 9.89. The molecule has 4 nitrogen and oxygen atoms in total. The van der Waals surface area contributed by atoms with E-state index in [1.54, 1.807) is 0 Å². The molecule has 24 heavy (non-hydrogen) atoms. The molecule has 2 saturated heterocycles. The van der Waals surface area contributed by atoms with Crippen molar-refractivity contribution in [3.8, 4) is 5.75 Å². The SMILES string of the molecule is Cl.Cl.Oc1c(Br)cc([C@H](C2CCOCC2)N2CCNCC2)cc1Br. The number of aromatic hydroxyl groups is 1. The van der Waals surface area contributed by atoms with Crippen molar-refractivity contribution in [2.24, 2.45) is 5.92 Å². The minimum atomic E-state index is 0. The molecule has 0 aromatic heterocycles. The number of piperazine rings is 1. The second-order valence-corrected chi connectivity index (χ2v) is 7.72. The van der Waals surface area contributed by atoms with E-state index in [1.165, 1.54) is 5.56 Å². The Balaban J connectivity index is 0.00000144. The second-order valence-electron chi connectivity index (χ2n) is 6.01. The highest BCUT2D eigenvalue weighted by Gasteiger charge is 2.31. The van der Waals surface area contributed by atoms with Crippen LogP contribution in [0, 0.1) is 5.92 Å². The fourth-order valence-electron chi connectivity index (χ4n) is 3.53. The number of ether oxygens (including phenoxy) is 1. The van der Waals surface area contributed by atoms with Gasteiger partial charge in [0.2, 0.25) is 0 Å². The quantitative estimate of drug-likeness (QED) is 0.647. The van der Waals surface area contributed by atoms with Crippen LogP contribution in [0.2, 0.25) is 0 Å². The Morgan fingerprint density at radius 2 is 1.62 bits per heavy atom. The van der Waals surface area contributed by atoms with Gasteiger partial charge in [-0.3, -0.25) is 4.90 Å². The topological polar surface area (TPSA) is 44.7 Å². The predicted molar refractivity (Wildman–Crippen MR) is 109 cm³/mol. The highest BCUT2D eigenvalue weighted by atomic mass is 79.9. The molecule has 0 unspecified atom stereocenters. The van der Waals surface area contributed by atoms with E-state index in [0.29, 0.717) is 12.0 Å². The first kappa shape index (κ1) is 22.5. The number of nitrogens with one attached hydrogen (secondary N) is 1. The number of phenolic OH excluding ortho intramolecular Hbond substituents is 1. The van der Waals surface area contributed by atoms with Crippen molar-refractivity contribution in [1.29, 1.82) is 0 Å². The predicted octanol–water partition coefficient (Wildman–Crippen LogP) is 4.13. The Labute approximate surface area is 172 Å². The third-order valence-corrected chi connectivity index (χ3v) is 5.85. The average molecular weight is 507 g/mol. The van der Waals surface area contributed by atoms with Crippen molar-refractivity contribution in [1.82, 2.24) is 10.2 Å². The molecule has 0 saturated carbocycles. The third kappa shape index (κ3) is 5.22. The van der Waals surface area contributed by atoms with Crippen LogP contribution < -0.4 is 5.32 Å². The molecule has 138 valence electrons. The van der Waals surface area contributed by atoms with E-state index in [4.69, 9.17) is 4.74 Å². The highest BCUT2D eigenvalue weighted by Crippen LogP contribution is 2.41. The molecule has 2 N–H and O–H groups in total. The van der Waals surface area contributed by atoms with Gasteiger partial charge in [0.1, 0.15) is 5.75 Å². The van der Waals surface area contributed by atoms with Gasteiger partial charge >= 0.3 is 0 Å². The first-order valence-electron chi connectivity index (χ1n) is 7.87. The van der Waals surface area contributed by atoms with Crippen molar-refractivity contribution in [2.45, 2.75) is 18.9 Å². The second kappa shape index (κ2) is 10.6. The van der Waals surface area contributed by atoms with Gasteiger partial charge in [0.05, 0.1) is 8.95 Å². The molecule has 3 rings (SSSR count). The van der Waals surface area contributed by atoms with Gasteiger partial charge in [-0.05, 0) is 68.3 Å². The lowest BCUT2D eigenvalue weighted by molar-refractivity contribution is 0.0212. The molecule has 2 heterocycles. The number of rotatable bonds is 3. The third-order valence-electron chi connectivity index (χ3n) is 4.64. The van der Waals surface area contributed by atoms with Gasteiger partial charge in [-0.2, -0.15) is 0 Å². The molecule has 8 heteroatoms. The summed E-state index contributed by atoms with van der Waals surface area (Å²) in [7, 11) is 0. The molecule has 1 atom stereocenters. The lowest BCUT2D eigenvalue weighted by atomic mass is 9.85. The summed E-state index contributed by atoms with van der Waals surface area (Å²) in [6, 6.07) is 4.53. The summed E-state index contributed by atoms with van der Waals surface area (Å²) >= 11 is 6.96. The molecule has 1 aromatic carbocycles. The van der Waals surface area contributed by atoms with Gasteiger partial charge in [-0.25, -0.2) is 0 Å². The summed E-state index contributed by atoms with van der Waals surface area (Å²) in [4.78, 5) is 2.58. The van der Waals surface area contributed by atoms with Crippen LogP contribution in [-0.4, -0.2) is 49.4 Å². The standard InChI is InChI=1S/C16H22Br2N2O2.2ClH/c17-13-9-12(10-14(18)16(13)21)15(11-1-7-22-8-2-11)20-5-3-19-4-6-20;;/h9-11,15,19,21H,1-8H2;2*1H/t15-;;/m0../s1. The smallest absolute Gasteiger partial charge is 0.143 e. The molecule has 0 radical (unpaired) electrons. The zero-order valence-electron chi connectivity index (χ0n) is 13.3. The van der Waals surface area contributed by atoms with E-state index < -0.39 is 0 Å². The summed E-state index contributed by atoms with van der Waals surface area (Å²) in [5.74, 6) is 0.880. The number of hydrogen-bond acceptors (Lipinski definition) is 4. The van der Waals surface area contributed by atoms with Crippen LogP contribution in [0.3, 0.4) is 0 Å². The Morgan fingerprint density at radius 1 is 1.08 bits per heavy atom. The van der Waals surface area contributed by atoms with Crippen molar-refractivity contribution in [3.63, 3.8) is 0 Å².